The molecule has 1 N–H and O–H groups in total. The highest BCUT2D eigenvalue weighted by molar-refractivity contribution is 9.10. The van der Waals surface area contributed by atoms with Crippen LogP contribution in [-0.4, -0.2) is 0 Å². The molecule has 0 aromatic heterocycles. The maximum atomic E-state index is 6.01. The van der Waals surface area contributed by atoms with Crippen molar-refractivity contribution in [2.45, 2.75) is 26.4 Å². The van der Waals surface area contributed by atoms with Crippen molar-refractivity contribution in [3.8, 4) is 0 Å². The molecule has 0 spiro atoms. The highest BCUT2D eigenvalue weighted by Crippen LogP contribution is 2.21. The van der Waals surface area contributed by atoms with Crippen LogP contribution < -0.4 is 5.32 Å². The van der Waals surface area contributed by atoms with Gasteiger partial charge in [0.25, 0.3) is 0 Å². The van der Waals surface area contributed by atoms with E-state index in [0.717, 1.165) is 16.0 Å². The quantitative estimate of drug-likeness (QED) is 0.801. The molecule has 1 unspecified atom stereocenters. The van der Waals surface area contributed by atoms with Gasteiger partial charge < -0.3 is 5.32 Å². The van der Waals surface area contributed by atoms with Crippen molar-refractivity contribution in [1.82, 2.24) is 5.32 Å². The van der Waals surface area contributed by atoms with Crippen LogP contribution >= 0.6 is 27.5 Å². The smallest absolute Gasteiger partial charge is 0.0409 e. The predicted octanol–water partition coefficient (Wildman–Crippen LogP) is 5.26. The Kier molecular flexibility index (Phi) is 5.03. The zero-order valence-electron chi connectivity index (χ0n) is 11.1. The molecule has 0 saturated carbocycles. The van der Waals surface area contributed by atoms with Gasteiger partial charge in [-0.05, 0) is 48.7 Å². The van der Waals surface area contributed by atoms with Gasteiger partial charge in [0.1, 0.15) is 0 Å². The molecular weight excluding hydrogens is 322 g/mol. The van der Waals surface area contributed by atoms with Crippen molar-refractivity contribution in [2.75, 3.05) is 0 Å². The SMILES string of the molecule is Cc1ccc(CNC(C)c2cccc(Cl)c2)c(Br)c1. The lowest BCUT2D eigenvalue weighted by molar-refractivity contribution is 0.574. The lowest BCUT2D eigenvalue weighted by Crippen LogP contribution is -2.18. The normalized spacial score (nSPS) is 12.4. The van der Waals surface area contributed by atoms with Gasteiger partial charge in [0, 0.05) is 22.1 Å². The molecule has 1 nitrogen and oxygen atoms in total. The molecule has 0 bridgehead atoms. The number of halogens is 2. The van der Waals surface area contributed by atoms with Gasteiger partial charge >= 0.3 is 0 Å². The lowest BCUT2D eigenvalue weighted by Gasteiger charge is -2.15. The summed E-state index contributed by atoms with van der Waals surface area (Å²) >= 11 is 9.62. The first-order valence-corrected chi connectivity index (χ1v) is 7.47. The summed E-state index contributed by atoms with van der Waals surface area (Å²) in [6, 6.07) is 14.7. The van der Waals surface area contributed by atoms with Crippen LogP contribution in [0.4, 0.5) is 0 Å². The average molecular weight is 339 g/mol. The van der Waals surface area contributed by atoms with Crippen LogP contribution in [0.25, 0.3) is 0 Å². The summed E-state index contributed by atoms with van der Waals surface area (Å²) in [5.41, 5.74) is 3.73. The number of benzene rings is 2. The molecule has 2 aromatic carbocycles. The number of aryl methyl sites for hydroxylation is 1. The van der Waals surface area contributed by atoms with Crippen LogP contribution in [0, 0.1) is 6.92 Å². The van der Waals surface area contributed by atoms with Gasteiger partial charge in [-0.25, -0.2) is 0 Å². The zero-order chi connectivity index (χ0) is 13.8. The Morgan fingerprint density at radius 1 is 1.21 bits per heavy atom. The Bertz CT molecular complexity index is 568. The number of nitrogens with one attached hydrogen (secondary N) is 1. The second-order valence-corrected chi connectivity index (χ2v) is 6.04. The lowest BCUT2D eigenvalue weighted by atomic mass is 10.1. The van der Waals surface area contributed by atoms with E-state index in [0.29, 0.717) is 0 Å². The van der Waals surface area contributed by atoms with Gasteiger partial charge in [0.2, 0.25) is 0 Å². The minimum Gasteiger partial charge on any atom is -0.306 e. The van der Waals surface area contributed by atoms with E-state index in [9.17, 15) is 0 Å². The van der Waals surface area contributed by atoms with E-state index in [4.69, 9.17) is 11.6 Å². The third kappa shape index (κ3) is 4.07. The fourth-order valence-corrected chi connectivity index (χ4v) is 2.78. The summed E-state index contributed by atoms with van der Waals surface area (Å²) in [7, 11) is 0. The summed E-state index contributed by atoms with van der Waals surface area (Å²) in [6.07, 6.45) is 0. The Morgan fingerprint density at radius 3 is 2.68 bits per heavy atom. The van der Waals surface area contributed by atoms with Crippen molar-refractivity contribution in [3.63, 3.8) is 0 Å². The molecule has 100 valence electrons. The van der Waals surface area contributed by atoms with Crippen molar-refractivity contribution in [2.24, 2.45) is 0 Å². The van der Waals surface area contributed by atoms with E-state index >= 15 is 0 Å². The minimum absolute atomic E-state index is 0.270. The third-order valence-electron chi connectivity index (χ3n) is 3.16. The van der Waals surface area contributed by atoms with Gasteiger partial charge in [0.15, 0.2) is 0 Å². The Balaban J connectivity index is 2.02. The molecule has 2 aromatic rings. The number of rotatable bonds is 4. The largest absolute Gasteiger partial charge is 0.306 e. The van der Waals surface area contributed by atoms with Gasteiger partial charge in [-0.15, -0.1) is 0 Å². The Labute approximate surface area is 128 Å². The topological polar surface area (TPSA) is 12.0 Å². The molecular formula is C16H17BrClN. The van der Waals surface area contributed by atoms with E-state index < -0.39 is 0 Å². The average Bonchev–Trinajstić information content (AvgIpc) is 2.37. The monoisotopic (exact) mass is 337 g/mol. The van der Waals surface area contributed by atoms with Crippen LogP contribution in [-0.2, 0) is 6.54 Å². The second-order valence-electron chi connectivity index (χ2n) is 4.75. The van der Waals surface area contributed by atoms with Crippen molar-refractivity contribution in [1.29, 1.82) is 0 Å². The molecule has 0 aliphatic rings. The van der Waals surface area contributed by atoms with Crippen molar-refractivity contribution in [3.05, 3.63) is 68.7 Å². The van der Waals surface area contributed by atoms with Gasteiger partial charge in [-0.2, -0.15) is 0 Å². The first kappa shape index (κ1) is 14.6. The van der Waals surface area contributed by atoms with Crippen LogP contribution in [0.15, 0.2) is 46.9 Å². The van der Waals surface area contributed by atoms with Crippen LogP contribution in [0.2, 0.25) is 5.02 Å². The van der Waals surface area contributed by atoms with E-state index in [1.165, 1.54) is 16.7 Å². The highest BCUT2D eigenvalue weighted by Gasteiger charge is 2.06. The fraction of sp³-hybridized carbons (Fsp3) is 0.250. The first-order valence-electron chi connectivity index (χ1n) is 6.30. The zero-order valence-corrected chi connectivity index (χ0v) is 13.4. The Morgan fingerprint density at radius 2 is 2.00 bits per heavy atom. The van der Waals surface area contributed by atoms with Crippen LogP contribution in [0.5, 0.6) is 0 Å². The standard InChI is InChI=1S/C16H17BrClN/c1-11-6-7-14(16(17)8-11)10-19-12(2)13-4-3-5-15(18)9-13/h3-9,12,19H,10H2,1-2H3. The molecule has 0 radical (unpaired) electrons. The second kappa shape index (κ2) is 6.56. The van der Waals surface area contributed by atoms with Crippen molar-refractivity contribution >= 4 is 27.5 Å². The summed E-state index contributed by atoms with van der Waals surface area (Å²) in [5, 5.41) is 4.29. The Hall–Kier alpha value is -0.830. The van der Waals surface area contributed by atoms with Crippen molar-refractivity contribution < 1.29 is 0 Å². The molecule has 0 amide bonds. The molecule has 2 rings (SSSR count). The van der Waals surface area contributed by atoms with E-state index in [1.807, 2.05) is 18.2 Å². The summed E-state index contributed by atoms with van der Waals surface area (Å²) in [4.78, 5) is 0. The molecule has 1 atom stereocenters. The maximum Gasteiger partial charge on any atom is 0.0409 e. The molecule has 19 heavy (non-hydrogen) atoms. The summed E-state index contributed by atoms with van der Waals surface area (Å²) < 4.78 is 1.15. The van der Waals surface area contributed by atoms with Gasteiger partial charge in [-0.1, -0.05) is 51.8 Å². The molecule has 0 heterocycles. The third-order valence-corrected chi connectivity index (χ3v) is 4.13. The maximum absolute atomic E-state index is 6.01. The number of hydrogen-bond acceptors (Lipinski definition) is 1. The molecule has 3 heteroatoms. The first-order chi connectivity index (χ1) is 9.06. The van der Waals surface area contributed by atoms with Gasteiger partial charge in [0.05, 0.1) is 0 Å². The van der Waals surface area contributed by atoms with E-state index in [1.54, 1.807) is 0 Å². The van der Waals surface area contributed by atoms with Crippen LogP contribution in [0.3, 0.4) is 0 Å². The summed E-state index contributed by atoms with van der Waals surface area (Å²) in [6.45, 7) is 5.07. The molecule has 0 saturated heterocycles. The van der Waals surface area contributed by atoms with Gasteiger partial charge in [-0.3, -0.25) is 0 Å². The summed E-state index contributed by atoms with van der Waals surface area (Å²) in [5.74, 6) is 0. The molecule has 0 aliphatic heterocycles. The molecule has 0 fully saturated rings. The van der Waals surface area contributed by atoms with Crippen LogP contribution in [0.1, 0.15) is 29.7 Å². The predicted molar refractivity (Wildman–Crippen MR) is 85.6 cm³/mol. The van der Waals surface area contributed by atoms with E-state index in [-0.39, 0.29) is 6.04 Å². The fourth-order valence-electron chi connectivity index (χ4n) is 1.95. The molecule has 0 aliphatic carbocycles. The highest BCUT2D eigenvalue weighted by atomic mass is 79.9. The van der Waals surface area contributed by atoms with E-state index in [2.05, 4.69) is 59.4 Å². The number of hydrogen-bond donors (Lipinski definition) is 1. The minimum atomic E-state index is 0.270.